The molecule has 0 radical (unpaired) electrons. The molecule has 0 bridgehead atoms. The van der Waals surface area contributed by atoms with Gasteiger partial charge in [-0.05, 0) is 116 Å². The number of hydrogen-bond donors (Lipinski definition) is 0. The first-order valence-corrected chi connectivity index (χ1v) is 20.1. The van der Waals surface area contributed by atoms with E-state index >= 15 is 0 Å². The Hall–Kier alpha value is -1.61. The number of esters is 1. The molecule has 0 rings (SSSR count). The number of allylic oxidation sites excluding steroid dienone is 8. The van der Waals surface area contributed by atoms with Crippen LogP contribution in [0.15, 0.2) is 48.6 Å². The standard InChI is InChI=1S/C43H79NO2/c1-5-8-10-12-14-16-18-20-22-24-26-28-30-32-34-36-39-42(46-43(45)40-37-41-44(4)7-3)38-35-33-31-29-27-25-23-21-19-17-15-13-11-9-6-2/h14-17,20-23,42H,5-13,18-19,24-41H2,1-4H3. The summed E-state index contributed by atoms with van der Waals surface area (Å²) in [4.78, 5) is 14.9. The lowest BCUT2D eigenvalue weighted by Crippen LogP contribution is -2.22. The first kappa shape index (κ1) is 44.4. The molecule has 0 aliphatic heterocycles. The first-order valence-electron chi connectivity index (χ1n) is 20.1. The van der Waals surface area contributed by atoms with Crippen LogP contribution in [0.2, 0.25) is 0 Å². The second-order valence-electron chi connectivity index (χ2n) is 13.5. The van der Waals surface area contributed by atoms with E-state index in [0.29, 0.717) is 6.42 Å². The Labute approximate surface area is 288 Å². The normalized spacial score (nSPS) is 13.0. The fourth-order valence-corrected chi connectivity index (χ4v) is 5.70. The van der Waals surface area contributed by atoms with Gasteiger partial charge in [-0.3, -0.25) is 4.79 Å². The Balaban J connectivity index is 4.09. The molecule has 0 aliphatic rings. The number of unbranched alkanes of at least 4 members (excludes halogenated alkanes) is 17. The Morgan fingerprint density at radius 3 is 1.33 bits per heavy atom. The summed E-state index contributed by atoms with van der Waals surface area (Å²) >= 11 is 0. The average molecular weight is 642 g/mol. The molecule has 0 N–H and O–H groups in total. The van der Waals surface area contributed by atoms with Gasteiger partial charge in [-0.15, -0.1) is 0 Å². The van der Waals surface area contributed by atoms with Crippen LogP contribution in [0.1, 0.15) is 194 Å². The third-order valence-electron chi connectivity index (χ3n) is 8.96. The minimum atomic E-state index is 0.0112. The zero-order valence-electron chi connectivity index (χ0n) is 31.5. The van der Waals surface area contributed by atoms with Crippen molar-refractivity contribution in [2.24, 2.45) is 0 Å². The fourth-order valence-electron chi connectivity index (χ4n) is 5.70. The zero-order chi connectivity index (χ0) is 33.6. The molecule has 268 valence electrons. The van der Waals surface area contributed by atoms with Crippen molar-refractivity contribution in [2.45, 2.75) is 200 Å². The van der Waals surface area contributed by atoms with Gasteiger partial charge in [0.2, 0.25) is 0 Å². The highest BCUT2D eigenvalue weighted by molar-refractivity contribution is 5.69. The van der Waals surface area contributed by atoms with Crippen molar-refractivity contribution >= 4 is 5.97 Å². The highest BCUT2D eigenvalue weighted by Gasteiger charge is 2.14. The second-order valence-corrected chi connectivity index (χ2v) is 13.5. The van der Waals surface area contributed by atoms with Crippen molar-refractivity contribution in [3.05, 3.63) is 48.6 Å². The number of ether oxygens (including phenoxy) is 1. The van der Waals surface area contributed by atoms with Crippen LogP contribution in [0, 0.1) is 0 Å². The zero-order valence-corrected chi connectivity index (χ0v) is 31.5. The van der Waals surface area contributed by atoms with Crippen LogP contribution in [0.3, 0.4) is 0 Å². The lowest BCUT2D eigenvalue weighted by Gasteiger charge is -2.19. The molecule has 0 fully saturated rings. The molecule has 0 aromatic carbocycles. The topological polar surface area (TPSA) is 29.5 Å². The van der Waals surface area contributed by atoms with Gasteiger partial charge in [-0.1, -0.05) is 140 Å². The maximum absolute atomic E-state index is 12.6. The van der Waals surface area contributed by atoms with Gasteiger partial charge in [0.1, 0.15) is 6.10 Å². The first-order chi connectivity index (χ1) is 22.6. The fraction of sp³-hybridized carbons (Fsp3) is 0.791. The summed E-state index contributed by atoms with van der Waals surface area (Å²) in [5, 5.41) is 0. The molecule has 1 unspecified atom stereocenters. The number of nitrogens with zero attached hydrogens (tertiary/aromatic N) is 1. The van der Waals surface area contributed by atoms with E-state index in [0.717, 1.165) is 45.2 Å². The van der Waals surface area contributed by atoms with E-state index in [1.165, 1.54) is 135 Å². The summed E-state index contributed by atoms with van der Waals surface area (Å²) in [5.74, 6) is 0.0112. The van der Waals surface area contributed by atoms with E-state index in [-0.39, 0.29) is 12.1 Å². The Morgan fingerprint density at radius 1 is 0.522 bits per heavy atom. The molecule has 1 atom stereocenters. The van der Waals surface area contributed by atoms with Crippen LogP contribution < -0.4 is 0 Å². The van der Waals surface area contributed by atoms with Crippen molar-refractivity contribution in [3.8, 4) is 0 Å². The molecule has 0 saturated carbocycles. The average Bonchev–Trinajstić information content (AvgIpc) is 3.06. The van der Waals surface area contributed by atoms with Crippen LogP contribution in [0.5, 0.6) is 0 Å². The molecule has 0 saturated heterocycles. The third-order valence-corrected chi connectivity index (χ3v) is 8.96. The van der Waals surface area contributed by atoms with Crippen LogP contribution in [-0.2, 0) is 9.53 Å². The van der Waals surface area contributed by atoms with Gasteiger partial charge in [-0.2, -0.15) is 0 Å². The maximum Gasteiger partial charge on any atom is 0.306 e. The van der Waals surface area contributed by atoms with Gasteiger partial charge in [0.25, 0.3) is 0 Å². The van der Waals surface area contributed by atoms with Crippen molar-refractivity contribution in [2.75, 3.05) is 20.1 Å². The van der Waals surface area contributed by atoms with Crippen LogP contribution in [0.25, 0.3) is 0 Å². The summed E-state index contributed by atoms with van der Waals surface area (Å²) in [6, 6.07) is 0. The predicted molar refractivity (Wildman–Crippen MR) is 206 cm³/mol. The van der Waals surface area contributed by atoms with Crippen molar-refractivity contribution in [3.63, 3.8) is 0 Å². The van der Waals surface area contributed by atoms with Gasteiger partial charge >= 0.3 is 5.97 Å². The molecule has 3 heteroatoms. The predicted octanol–water partition coefficient (Wildman–Crippen LogP) is 13.6. The quantitative estimate of drug-likeness (QED) is 0.0392. The highest BCUT2D eigenvalue weighted by Crippen LogP contribution is 2.18. The monoisotopic (exact) mass is 642 g/mol. The number of rotatable bonds is 35. The van der Waals surface area contributed by atoms with Crippen LogP contribution in [-0.4, -0.2) is 37.1 Å². The molecular weight excluding hydrogens is 562 g/mol. The molecule has 0 aromatic rings. The minimum absolute atomic E-state index is 0.0112. The van der Waals surface area contributed by atoms with Gasteiger partial charge in [0.05, 0.1) is 0 Å². The third kappa shape index (κ3) is 35.2. The summed E-state index contributed by atoms with van der Waals surface area (Å²) in [6.07, 6.45) is 51.3. The van der Waals surface area contributed by atoms with E-state index in [1.807, 2.05) is 0 Å². The SMILES string of the molecule is CCCCCC=CCC=CCCCCCCCCC(CCCCCCCC=CCC=CCCCCC)OC(=O)CCCN(C)CC. The van der Waals surface area contributed by atoms with Gasteiger partial charge in [0.15, 0.2) is 0 Å². The van der Waals surface area contributed by atoms with Crippen molar-refractivity contribution in [1.29, 1.82) is 0 Å². The molecule has 0 spiro atoms. The molecular formula is C43H79NO2. The largest absolute Gasteiger partial charge is 0.462 e. The highest BCUT2D eigenvalue weighted by atomic mass is 16.5. The summed E-state index contributed by atoms with van der Waals surface area (Å²) in [5.41, 5.74) is 0. The smallest absolute Gasteiger partial charge is 0.306 e. The van der Waals surface area contributed by atoms with E-state index in [1.54, 1.807) is 0 Å². The van der Waals surface area contributed by atoms with Crippen LogP contribution in [0.4, 0.5) is 0 Å². The van der Waals surface area contributed by atoms with E-state index in [2.05, 4.69) is 81.3 Å². The van der Waals surface area contributed by atoms with Gasteiger partial charge in [0, 0.05) is 6.42 Å². The summed E-state index contributed by atoms with van der Waals surface area (Å²) < 4.78 is 6.02. The lowest BCUT2D eigenvalue weighted by molar-refractivity contribution is -0.150. The Morgan fingerprint density at radius 2 is 0.913 bits per heavy atom. The molecule has 0 heterocycles. The lowest BCUT2D eigenvalue weighted by atomic mass is 10.0. The van der Waals surface area contributed by atoms with Crippen molar-refractivity contribution < 1.29 is 9.53 Å². The van der Waals surface area contributed by atoms with Crippen molar-refractivity contribution in [1.82, 2.24) is 4.90 Å². The van der Waals surface area contributed by atoms with E-state index < -0.39 is 0 Å². The second kappa shape index (κ2) is 37.8. The van der Waals surface area contributed by atoms with E-state index in [9.17, 15) is 4.79 Å². The van der Waals surface area contributed by atoms with Crippen LogP contribution >= 0.6 is 0 Å². The summed E-state index contributed by atoms with van der Waals surface area (Å²) in [7, 11) is 2.11. The van der Waals surface area contributed by atoms with Gasteiger partial charge in [-0.25, -0.2) is 0 Å². The molecule has 0 aliphatic carbocycles. The number of carbonyl (C=O) groups excluding carboxylic acids is 1. The Bertz CT molecular complexity index is 737. The molecule has 0 aromatic heterocycles. The minimum Gasteiger partial charge on any atom is -0.462 e. The number of carbonyl (C=O) groups is 1. The Kier molecular flexibility index (Phi) is 36.5. The number of hydrogen-bond acceptors (Lipinski definition) is 3. The van der Waals surface area contributed by atoms with E-state index in [4.69, 9.17) is 4.74 Å². The molecule has 3 nitrogen and oxygen atoms in total. The molecule has 0 amide bonds. The molecule has 46 heavy (non-hydrogen) atoms. The maximum atomic E-state index is 12.6. The van der Waals surface area contributed by atoms with Gasteiger partial charge < -0.3 is 9.64 Å². The summed E-state index contributed by atoms with van der Waals surface area (Å²) in [6.45, 7) is 8.67.